The number of rotatable bonds is 2. The van der Waals surface area contributed by atoms with Gasteiger partial charge in [-0.05, 0) is 24.1 Å². The number of halogens is 1. The summed E-state index contributed by atoms with van der Waals surface area (Å²) in [6.45, 7) is 2.01. The van der Waals surface area contributed by atoms with Crippen LogP contribution in [0, 0.1) is 18.3 Å². The summed E-state index contributed by atoms with van der Waals surface area (Å²) >= 11 is 3.31. The second kappa shape index (κ2) is 4.84. The fraction of sp³-hybridized carbons (Fsp3) is 0.182. The topological polar surface area (TPSA) is 23.8 Å². The van der Waals surface area contributed by atoms with Crippen molar-refractivity contribution in [2.24, 2.45) is 0 Å². The minimum absolute atomic E-state index is 0.734. The number of benzene rings is 1. The molecular weight excluding hydrogens is 226 g/mol. The van der Waals surface area contributed by atoms with Gasteiger partial charge in [0, 0.05) is 5.33 Å². The van der Waals surface area contributed by atoms with E-state index in [1.807, 2.05) is 37.3 Å². The van der Waals surface area contributed by atoms with Crippen molar-refractivity contribution >= 4 is 22.0 Å². The average Bonchev–Trinajstić information content (AvgIpc) is 2.15. The van der Waals surface area contributed by atoms with Crippen LogP contribution in [0.5, 0.6) is 0 Å². The lowest BCUT2D eigenvalue weighted by molar-refractivity contribution is 1.39. The minimum atomic E-state index is 0.734. The van der Waals surface area contributed by atoms with Crippen LogP contribution < -0.4 is 0 Å². The van der Waals surface area contributed by atoms with Gasteiger partial charge < -0.3 is 0 Å². The van der Waals surface area contributed by atoms with Crippen molar-refractivity contribution in [3.63, 3.8) is 0 Å². The first-order valence-electron chi connectivity index (χ1n) is 4.02. The van der Waals surface area contributed by atoms with E-state index in [9.17, 15) is 0 Å². The van der Waals surface area contributed by atoms with Gasteiger partial charge >= 0.3 is 0 Å². The second-order valence-electron chi connectivity index (χ2n) is 2.70. The van der Waals surface area contributed by atoms with Crippen molar-refractivity contribution in [2.45, 2.75) is 6.92 Å². The monoisotopic (exact) mass is 235 g/mol. The zero-order valence-electron chi connectivity index (χ0n) is 7.42. The van der Waals surface area contributed by atoms with E-state index in [0.717, 1.165) is 22.0 Å². The molecule has 0 unspecified atom stereocenters. The highest BCUT2D eigenvalue weighted by Gasteiger charge is 1.99. The number of hydrogen-bond donors (Lipinski definition) is 0. The molecule has 1 aromatic carbocycles. The highest BCUT2D eigenvalue weighted by molar-refractivity contribution is 9.09. The van der Waals surface area contributed by atoms with E-state index in [1.54, 1.807) is 0 Å². The summed E-state index contributed by atoms with van der Waals surface area (Å²) in [6.07, 6.45) is 3.96. The predicted octanol–water partition coefficient (Wildman–Crippen LogP) is 3.27. The van der Waals surface area contributed by atoms with Gasteiger partial charge in [-0.15, -0.1) is 0 Å². The van der Waals surface area contributed by atoms with Gasteiger partial charge in [0.1, 0.15) is 0 Å². The van der Waals surface area contributed by atoms with Crippen LogP contribution in [0.1, 0.15) is 16.7 Å². The maximum absolute atomic E-state index is 8.85. The molecule has 0 heterocycles. The summed E-state index contributed by atoms with van der Waals surface area (Å²) in [6, 6.07) is 7.92. The fourth-order valence-corrected chi connectivity index (χ4v) is 1.35. The number of nitrogens with zero attached hydrogens (tertiary/aromatic N) is 1. The smallest absolute Gasteiger partial charge is 0.0998 e. The Kier molecular flexibility index (Phi) is 3.72. The van der Waals surface area contributed by atoms with E-state index >= 15 is 0 Å². The van der Waals surface area contributed by atoms with Crippen LogP contribution >= 0.6 is 15.9 Å². The van der Waals surface area contributed by atoms with Crippen molar-refractivity contribution in [3.8, 4) is 6.07 Å². The van der Waals surface area contributed by atoms with Gasteiger partial charge in [-0.1, -0.05) is 40.2 Å². The Bertz CT molecular complexity index is 361. The predicted molar refractivity (Wildman–Crippen MR) is 58.7 cm³/mol. The standard InChI is InChI=1S/C11H10BrN/c1-9-4-2-5-10(8-13)11(9)6-3-7-12/h2-6H,7H2,1H3. The van der Waals surface area contributed by atoms with Crippen LogP contribution in [-0.4, -0.2) is 5.33 Å². The molecule has 0 saturated carbocycles. The fourth-order valence-electron chi connectivity index (χ4n) is 1.16. The zero-order chi connectivity index (χ0) is 9.68. The van der Waals surface area contributed by atoms with Crippen molar-refractivity contribution in [1.82, 2.24) is 0 Å². The summed E-state index contributed by atoms with van der Waals surface area (Å²) in [7, 11) is 0. The third-order valence-electron chi connectivity index (χ3n) is 1.82. The van der Waals surface area contributed by atoms with Gasteiger partial charge in [-0.25, -0.2) is 0 Å². The van der Waals surface area contributed by atoms with E-state index in [0.29, 0.717) is 0 Å². The highest BCUT2D eigenvalue weighted by atomic mass is 79.9. The molecule has 0 N–H and O–H groups in total. The lowest BCUT2D eigenvalue weighted by Crippen LogP contribution is -1.86. The van der Waals surface area contributed by atoms with Gasteiger partial charge in [-0.3, -0.25) is 0 Å². The SMILES string of the molecule is Cc1cccc(C#N)c1C=CCBr. The maximum Gasteiger partial charge on any atom is 0.0998 e. The Morgan fingerprint density at radius 1 is 1.54 bits per heavy atom. The molecule has 0 aromatic heterocycles. The van der Waals surface area contributed by atoms with Gasteiger partial charge in [0.05, 0.1) is 11.6 Å². The molecule has 0 saturated heterocycles. The molecule has 2 heteroatoms. The molecule has 0 spiro atoms. The largest absolute Gasteiger partial charge is 0.192 e. The summed E-state index contributed by atoms with van der Waals surface area (Å²) in [4.78, 5) is 0. The van der Waals surface area contributed by atoms with Crippen molar-refractivity contribution < 1.29 is 0 Å². The van der Waals surface area contributed by atoms with Gasteiger partial charge in [0.2, 0.25) is 0 Å². The Morgan fingerprint density at radius 2 is 2.31 bits per heavy atom. The molecule has 0 amide bonds. The van der Waals surface area contributed by atoms with Crippen LogP contribution in [0.15, 0.2) is 24.3 Å². The van der Waals surface area contributed by atoms with Gasteiger partial charge in [0.25, 0.3) is 0 Å². The average molecular weight is 236 g/mol. The Balaban J connectivity index is 3.17. The highest BCUT2D eigenvalue weighted by Crippen LogP contribution is 2.15. The lowest BCUT2D eigenvalue weighted by atomic mass is 10.0. The lowest BCUT2D eigenvalue weighted by Gasteiger charge is -2.01. The van der Waals surface area contributed by atoms with Gasteiger partial charge in [-0.2, -0.15) is 5.26 Å². The summed E-state index contributed by atoms with van der Waals surface area (Å²) in [5.74, 6) is 0. The third-order valence-corrected chi connectivity index (χ3v) is 2.19. The van der Waals surface area contributed by atoms with Gasteiger partial charge in [0.15, 0.2) is 0 Å². The second-order valence-corrected chi connectivity index (χ2v) is 3.35. The number of allylic oxidation sites excluding steroid dienone is 1. The van der Waals surface area contributed by atoms with Crippen molar-refractivity contribution in [3.05, 3.63) is 41.0 Å². The molecule has 0 aliphatic carbocycles. The summed E-state index contributed by atoms with van der Waals surface area (Å²) in [5.41, 5.74) is 2.89. The van der Waals surface area contributed by atoms with Crippen molar-refractivity contribution in [2.75, 3.05) is 5.33 Å². The quantitative estimate of drug-likeness (QED) is 0.723. The Labute approximate surface area is 86.8 Å². The van der Waals surface area contributed by atoms with E-state index < -0.39 is 0 Å². The van der Waals surface area contributed by atoms with Crippen LogP contribution in [0.3, 0.4) is 0 Å². The summed E-state index contributed by atoms with van der Waals surface area (Å²) < 4.78 is 0. The molecule has 1 nitrogen and oxygen atoms in total. The normalized spacial score (nSPS) is 10.2. The van der Waals surface area contributed by atoms with Crippen LogP contribution in [0.2, 0.25) is 0 Å². The first kappa shape index (κ1) is 10.0. The van der Waals surface area contributed by atoms with Crippen LogP contribution in [0.4, 0.5) is 0 Å². The first-order valence-corrected chi connectivity index (χ1v) is 5.14. The van der Waals surface area contributed by atoms with Crippen molar-refractivity contribution in [1.29, 1.82) is 5.26 Å². The molecule has 1 rings (SSSR count). The zero-order valence-corrected chi connectivity index (χ0v) is 9.01. The molecular formula is C11H10BrN. The number of nitriles is 1. The maximum atomic E-state index is 8.85. The van der Waals surface area contributed by atoms with Crippen LogP contribution in [0.25, 0.3) is 6.08 Å². The molecule has 66 valence electrons. The first-order chi connectivity index (χ1) is 6.29. The van der Waals surface area contributed by atoms with E-state index in [-0.39, 0.29) is 0 Å². The number of alkyl halides is 1. The molecule has 0 bridgehead atoms. The third kappa shape index (κ3) is 2.43. The molecule has 0 radical (unpaired) electrons. The minimum Gasteiger partial charge on any atom is -0.192 e. The molecule has 0 atom stereocenters. The molecule has 0 fully saturated rings. The van der Waals surface area contributed by atoms with E-state index in [2.05, 4.69) is 22.0 Å². The Morgan fingerprint density at radius 3 is 2.92 bits per heavy atom. The van der Waals surface area contributed by atoms with Crippen LogP contribution in [-0.2, 0) is 0 Å². The number of hydrogen-bond acceptors (Lipinski definition) is 1. The summed E-state index contributed by atoms with van der Waals surface area (Å²) in [5, 5.41) is 9.66. The number of aryl methyl sites for hydroxylation is 1. The molecule has 0 aliphatic heterocycles. The molecule has 1 aromatic rings. The van der Waals surface area contributed by atoms with E-state index in [1.165, 1.54) is 0 Å². The Hall–Kier alpha value is -1.07. The molecule has 0 aliphatic rings. The molecule has 13 heavy (non-hydrogen) atoms. The van der Waals surface area contributed by atoms with E-state index in [4.69, 9.17) is 5.26 Å².